The number of aromatic nitrogens is 2. The van der Waals surface area contributed by atoms with Crippen LogP contribution in [-0.2, 0) is 6.54 Å². The zero-order valence-corrected chi connectivity index (χ0v) is 20.7. The molecule has 176 valence electrons. The molecule has 0 N–H and O–H groups in total. The Morgan fingerprint density at radius 2 is 1.73 bits per heavy atom. The van der Waals surface area contributed by atoms with Crippen LogP contribution in [0.15, 0.2) is 47.3 Å². The van der Waals surface area contributed by atoms with Crippen molar-refractivity contribution in [2.75, 3.05) is 72.4 Å². The molecule has 2 heterocycles. The van der Waals surface area contributed by atoms with Gasteiger partial charge in [0, 0.05) is 52.0 Å². The van der Waals surface area contributed by atoms with Crippen LogP contribution in [0.4, 0.5) is 5.69 Å². The number of fused-ring (bicyclic) bond motifs is 1. The van der Waals surface area contributed by atoms with Gasteiger partial charge in [-0.1, -0.05) is 23.7 Å². The Balaban J connectivity index is 1.79. The van der Waals surface area contributed by atoms with Gasteiger partial charge < -0.3 is 14.7 Å². The number of halogens is 1. The average Bonchev–Trinajstić information content (AvgIpc) is 2.80. The molecule has 2 aromatic carbocycles. The Kier molecular flexibility index (Phi) is 7.34. The summed E-state index contributed by atoms with van der Waals surface area (Å²) in [4.78, 5) is 27.8. The van der Waals surface area contributed by atoms with Crippen molar-refractivity contribution in [3.8, 4) is 5.69 Å². The SMILES string of the molecule is CN(C)CCN(C)c1ccc2nc(CN3CCN(C)CC3)n(-c3ccccc3Cl)c(=O)c2c1. The van der Waals surface area contributed by atoms with Gasteiger partial charge in [0.05, 0.1) is 28.2 Å². The summed E-state index contributed by atoms with van der Waals surface area (Å²) in [6.45, 7) is 6.31. The molecule has 0 bridgehead atoms. The standard InChI is InChI=1S/C25H33ClN6O/c1-28(2)11-14-30(4)19-9-10-22-20(17-19)25(33)32(23-8-6-5-7-21(23)26)24(27-22)18-31-15-12-29(3)13-16-31/h5-10,17H,11-16,18H2,1-4H3. The lowest BCUT2D eigenvalue weighted by atomic mass is 10.2. The second-order valence-corrected chi connectivity index (χ2v) is 9.53. The molecule has 0 saturated carbocycles. The van der Waals surface area contributed by atoms with E-state index in [4.69, 9.17) is 16.6 Å². The summed E-state index contributed by atoms with van der Waals surface area (Å²) < 4.78 is 1.70. The number of anilines is 1. The molecule has 1 saturated heterocycles. The highest BCUT2D eigenvalue weighted by atomic mass is 35.5. The van der Waals surface area contributed by atoms with Crippen LogP contribution in [-0.4, -0.2) is 91.7 Å². The van der Waals surface area contributed by atoms with Gasteiger partial charge in [-0.15, -0.1) is 0 Å². The Labute approximate surface area is 200 Å². The third kappa shape index (κ3) is 5.38. The Bertz CT molecular complexity index is 1170. The van der Waals surface area contributed by atoms with E-state index in [0.29, 0.717) is 22.6 Å². The van der Waals surface area contributed by atoms with E-state index in [1.165, 1.54) is 0 Å². The zero-order chi connectivity index (χ0) is 23.5. The van der Waals surface area contributed by atoms with Crippen LogP contribution < -0.4 is 10.5 Å². The number of para-hydroxylation sites is 1. The van der Waals surface area contributed by atoms with Gasteiger partial charge in [-0.3, -0.25) is 14.3 Å². The Hall–Kier alpha value is -2.45. The average molecular weight is 469 g/mol. The van der Waals surface area contributed by atoms with Crippen LogP contribution in [0.25, 0.3) is 16.6 Å². The highest BCUT2D eigenvalue weighted by Gasteiger charge is 2.20. The predicted molar refractivity (Wildman–Crippen MR) is 137 cm³/mol. The molecule has 0 aliphatic carbocycles. The maximum atomic E-state index is 13.8. The van der Waals surface area contributed by atoms with Crippen LogP contribution in [0.2, 0.25) is 5.02 Å². The fourth-order valence-electron chi connectivity index (χ4n) is 4.13. The van der Waals surface area contributed by atoms with E-state index in [1.54, 1.807) is 4.57 Å². The first-order chi connectivity index (χ1) is 15.8. The van der Waals surface area contributed by atoms with Gasteiger partial charge in [-0.2, -0.15) is 0 Å². The number of rotatable bonds is 7. The van der Waals surface area contributed by atoms with E-state index in [2.05, 4.69) is 40.7 Å². The van der Waals surface area contributed by atoms with Crippen molar-refractivity contribution in [2.45, 2.75) is 6.54 Å². The van der Waals surface area contributed by atoms with E-state index < -0.39 is 0 Å². The summed E-state index contributed by atoms with van der Waals surface area (Å²) in [6, 6.07) is 13.4. The molecule has 1 aliphatic rings. The van der Waals surface area contributed by atoms with Crippen LogP contribution in [0.1, 0.15) is 5.82 Å². The minimum atomic E-state index is -0.0833. The lowest BCUT2D eigenvalue weighted by molar-refractivity contribution is 0.144. The molecule has 0 radical (unpaired) electrons. The van der Waals surface area contributed by atoms with Crippen molar-refractivity contribution < 1.29 is 0 Å². The fourth-order valence-corrected chi connectivity index (χ4v) is 4.35. The van der Waals surface area contributed by atoms with Crippen molar-refractivity contribution >= 4 is 28.2 Å². The summed E-state index contributed by atoms with van der Waals surface area (Å²) in [7, 11) is 8.30. The molecule has 0 atom stereocenters. The van der Waals surface area contributed by atoms with Crippen LogP contribution >= 0.6 is 11.6 Å². The minimum Gasteiger partial charge on any atom is -0.373 e. The van der Waals surface area contributed by atoms with Crippen molar-refractivity contribution in [1.29, 1.82) is 0 Å². The van der Waals surface area contributed by atoms with Gasteiger partial charge in [-0.05, 0) is 51.5 Å². The minimum absolute atomic E-state index is 0.0833. The molecule has 7 nitrogen and oxygen atoms in total. The van der Waals surface area contributed by atoms with E-state index in [0.717, 1.165) is 56.3 Å². The van der Waals surface area contributed by atoms with Gasteiger partial charge in [0.2, 0.25) is 0 Å². The second kappa shape index (κ2) is 10.2. The highest BCUT2D eigenvalue weighted by molar-refractivity contribution is 6.32. The first-order valence-corrected chi connectivity index (χ1v) is 11.8. The number of benzene rings is 2. The van der Waals surface area contributed by atoms with Gasteiger partial charge >= 0.3 is 0 Å². The van der Waals surface area contributed by atoms with Crippen molar-refractivity contribution in [2.24, 2.45) is 0 Å². The third-order valence-electron chi connectivity index (χ3n) is 6.30. The molecular formula is C25H33ClN6O. The lowest BCUT2D eigenvalue weighted by Gasteiger charge is -2.32. The Morgan fingerprint density at radius 1 is 1.00 bits per heavy atom. The van der Waals surface area contributed by atoms with Crippen molar-refractivity contribution in [3.63, 3.8) is 0 Å². The number of hydrogen-bond donors (Lipinski definition) is 0. The van der Waals surface area contributed by atoms with E-state index in [-0.39, 0.29) is 5.56 Å². The quantitative estimate of drug-likeness (QED) is 0.531. The fraction of sp³-hybridized carbons (Fsp3) is 0.440. The molecular weight excluding hydrogens is 436 g/mol. The number of hydrogen-bond acceptors (Lipinski definition) is 6. The van der Waals surface area contributed by atoms with E-state index in [1.807, 2.05) is 49.5 Å². The van der Waals surface area contributed by atoms with Crippen molar-refractivity contribution in [1.82, 2.24) is 24.3 Å². The van der Waals surface area contributed by atoms with E-state index >= 15 is 0 Å². The maximum Gasteiger partial charge on any atom is 0.266 e. The summed E-state index contributed by atoms with van der Waals surface area (Å²) in [6.07, 6.45) is 0. The largest absolute Gasteiger partial charge is 0.373 e. The molecule has 1 aliphatic heterocycles. The first kappa shape index (κ1) is 23.7. The molecule has 0 amide bonds. The van der Waals surface area contributed by atoms with Gasteiger partial charge in [0.25, 0.3) is 5.56 Å². The molecule has 0 spiro atoms. The molecule has 4 rings (SSSR count). The normalized spacial score (nSPS) is 15.5. The lowest BCUT2D eigenvalue weighted by Crippen LogP contribution is -2.44. The Morgan fingerprint density at radius 3 is 2.42 bits per heavy atom. The summed E-state index contributed by atoms with van der Waals surface area (Å²) in [5.41, 5.74) is 2.31. The third-order valence-corrected chi connectivity index (χ3v) is 6.62. The van der Waals surface area contributed by atoms with Crippen LogP contribution in [0.3, 0.4) is 0 Å². The maximum absolute atomic E-state index is 13.8. The molecule has 8 heteroatoms. The molecule has 3 aromatic rings. The van der Waals surface area contributed by atoms with E-state index in [9.17, 15) is 4.79 Å². The van der Waals surface area contributed by atoms with Crippen LogP contribution in [0.5, 0.6) is 0 Å². The zero-order valence-electron chi connectivity index (χ0n) is 20.0. The first-order valence-electron chi connectivity index (χ1n) is 11.4. The molecule has 33 heavy (non-hydrogen) atoms. The predicted octanol–water partition coefficient (Wildman–Crippen LogP) is 2.78. The number of piperazine rings is 1. The summed E-state index contributed by atoms with van der Waals surface area (Å²) in [5, 5.41) is 1.14. The number of nitrogens with zero attached hydrogens (tertiary/aromatic N) is 6. The van der Waals surface area contributed by atoms with Gasteiger partial charge in [0.1, 0.15) is 5.82 Å². The highest BCUT2D eigenvalue weighted by Crippen LogP contribution is 2.24. The molecule has 0 unspecified atom stereocenters. The second-order valence-electron chi connectivity index (χ2n) is 9.13. The molecule has 1 fully saturated rings. The summed E-state index contributed by atoms with van der Waals surface area (Å²) in [5.74, 6) is 0.721. The van der Waals surface area contributed by atoms with Crippen LogP contribution in [0, 0.1) is 0 Å². The number of likely N-dealkylation sites (N-methyl/N-ethyl adjacent to an activating group) is 3. The topological polar surface area (TPSA) is 47.9 Å². The molecule has 1 aromatic heterocycles. The van der Waals surface area contributed by atoms with Gasteiger partial charge in [0.15, 0.2) is 0 Å². The van der Waals surface area contributed by atoms with Gasteiger partial charge in [-0.25, -0.2) is 4.98 Å². The van der Waals surface area contributed by atoms with Crippen molar-refractivity contribution in [3.05, 3.63) is 63.7 Å². The smallest absolute Gasteiger partial charge is 0.266 e. The monoisotopic (exact) mass is 468 g/mol. The summed E-state index contributed by atoms with van der Waals surface area (Å²) >= 11 is 6.55.